The number of benzene rings is 1. The molecule has 0 unspecified atom stereocenters. The average Bonchev–Trinajstić information content (AvgIpc) is 3.52. The van der Waals surface area contributed by atoms with Crippen molar-refractivity contribution in [3.05, 3.63) is 54.1 Å². The number of halogens is 1. The summed E-state index contributed by atoms with van der Waals surface area (Å²) in [6, 6.07) is 7.15. The molecule has 3 fully saturated rings. The summed E-state index contributed by atoms with van der Waals surface area (Å²) >= 11 is 0. The maximum atomic E-state index is 13.6. The van der Waals surface area contributed by atoms with Crippen LogP contribution in [0.15, 0.2) is 43.0 Å². The van der Waals surface area contributed by atoms with Crippen LogP contribution in [0.1, 0.15) is 43.2 Å². The first-order chi connectivity index (χ1) is 19.5. The minimum atomic E-state index is -0.899. The number of rotatable bonds is 6. The van der Waals surface area contributed by atoms with Gasteiger partial charge in [0.15, 0.2) is 5.83 Å². The predicted molar refractivity (Wildman–Crippen MR) is 152 cm³/mol. The Hall–Kier alpha value is -3.59. The fraction of sp³-hybridized carbons (Fsp3) is 0.484. The fourth-order valence-corrected chi connectivity index (χ4v) is 7.08. The first-order valence-electron chi connectivity index (χ1n) is 14.5. The monoisotopic (exact) mass is 542 g/mol. The zero-order chi connectivity index (χ0) is 27.4. The van der Waals surface area contributed by atoms with Gasteiger partial charge in [0, 0.05) is 42.5 Å². The lowest BCUT2D eigenvalue weighted by molar-refractivity contribution is -0.130. The number of carbonyl (C=O) groups excluding carboxylic acids is 1. The van der Waals surface area contributed by atoms with Crippen molar-refractivity contribution < 1.29 is 13.9 Å². The topological polar surface area (TPSA) is 74.7 Å². The van der Waals surface area contributed by atoms with E-state index in [1.807, 2.05) is 12.4 Å². The SMILES string of the molecule is C=C(F)C(=O)N1CC[C@@H]2[C@H]1CN2c1nc(OC[C@@H]2CCCN2C)nc2cc(-c3cncc4c3CCCC4)ccc12. The number of pyridine rings is 1. The zero-order valence-corrected chi connectivity index (χ0v) is 23.0. The fourth-order valence-electron chi connectivity index (χ4n) is 7.08. The Morgan fingerprint density at radius 1 is 1.10 bits per heavy atom. The van der Waals surface area contributed by atoms with Gasteiger partial charge in [0.1, 0.15) is 12.4 Å². The van der Waals surface area contributed by atoms with Gasteiger partial charge in [-0.05, 0) is 87.4 Å². The number of aromatic nitrogens is 3. The highest BCUT2D eigenvalue weighted by Gasteiger charge is 2.50. The molecule has 7 rings (SSSR count). The number of anilines is 1. The molecular weight excluding hydrogens is 507 g/mol. The van der Waals surface area contributed by atoms with Gasteiger partial charge >= 0.3 is 6.01 Å². The van der Waals surface area contributed by atoms with Gasteiger partial charge in [0.25, 0.3) is 5.91 Å². The van der Waals surface area contributed by atoms with Crippen LogP contribution in [0.4, 0.5) is 10.2 Å². The van der Waals surface area contributed by atoms with E-state index < -0.39 is 11.7 Å². The Morgan fingerprint density at radius 2 is 1.98 bits per heavy atom. The van der Waals surface area contributed by atoms with E-state index in [4.69, 9.17) is 14.7 Å². The maximum Gasteiger partial charge on any atom is 0.319 e. The molecule has 0 N–H and O–H groups in total. The van der Waals surface area contributed by atoms with Gasteiger partial charge in [-0.1, -0.05) is 12.6 Å². The standard InChI is InChI=1S/C31H35FN6O2/c1-19(32)30(39)37-13-11-27-28(37)17-38(27)29-24-10-9-20(25-16-33-15-21-6-3-4-8-23(21)25)14-26(24)34-31(35-29)40-18-22-7-5-12-36(22)2/h9-10,14-16,22,27-28H,1,3-8,11-13,17-18H2,2H3/t22-,27+,28+/m0/s1. The van der Waals surface area contributed by atoms with Crippen LogP contribution in [0.5, 0.6) is 6.01 Å². The Balaban J connectivity index is 1.25. The largest absolute Gasteiger partial charge is 0.462 e. The number of hydrogen-bond donors (Lipinski definition) is 0. The Bertz CT molecular complexity index is 1490. The number of likely N-dealkylation sites (N-methyl/N-ethyl adjacent to an activating group) is 1. The molecule has 3 saturated heterocycles. The highest BCUT2D eigenvalue weighted by Crippen LogP contribution is 2.41. The van der Waals surface area contributed by atoms with E-state index in [9.17, 15) is 9.18 Å². The Kier molecular flexibility index (Phi) is 6.41. The van der Waals surface area contributed by atoms with Crippen LogP contribution >= 0.6 is 0 Å². The van der Waals surface area contributed by atoms with Crippen LogP contribution in [-0.2, 0) is 17.6 Å². The van der Waals surface area contributed by atoms with Crippen LogP contribution in [0.25, 0.3) is 22.0 Å². The molecule has 0 radical (unpaired) electrons. The molecule has 0 spiro atoms. The van der Waals surface area contributed by atoms with E-state index >= 15 is 0 Å². The first kappa shape index (κ1) is 25.4. The van der Waals surface area contributed by atoms with E-state index in [2.05, 4.69) is 46.6 Å². The molecule has 8 nitrogen and oxygen atoms in total. The van der Waals surface area contributed by atoms with Crippen molar-refractivity contribution in [3.8, 4) is 17.1 Å². The average molecular weight is 543 g/mol. The molecule has 5 heterocycles. The van der Waals surface area contributed by atoms with Crippen LogP contribution in [0.3, 0.4) is 0 Å². The molecule has 1 aromatic carbocycles. The number of nitrogens with zero attached hydrogens (tertiary/aromatic N) is 6. The van der Waals surface area contributed by atoms with E-state index in [0.29, 0.717) is 31.7 Å². The zero-order valence-electron chi connectivity index (χ0n) is 23.0. The van der Waals surface area contributed by atoms with Gasteiger partial charge in [0.2, 0.25) is 0 Å². The lowest BCUT2D eigenvalue weighted by Gasteiger charge is -2.47. The summed E-state index contributed by atoms with van der Waals surface area (Å²) in [5.41, 5.74) is 5.85. The molecular formula is C31H35FN6O2. The molecule has 0 bridgehead atoms. The molecule has 3 atom stereocenters. The van der Waals surface area contributed by atoms with Gasteiger partial charge in [0.05, 0.1) is 17.6 Å². The quantitative estimate of drug-likeness (QED) is 0.430. The minimum Gasteiger partial charge on any atom is -0.462 e. The summed E-state index contributed by atoms with van der Waals surface area (Å²) in [6.07, 6.45) is 11.6. The van der Waals surface area contributed by atoms with E-state index in [0.717, 1.165) is 54.5 Å². The normalized spacial score (nSPS) is 24.1. The van der Waals surface area contributed by atoms with E-state index in [1.165, 1.54) is 36.0 Å². The summed E-state index contributed by atoms with van der Waals surface area (Å²) in [5.74, 6) is -0.688. The maximum absolute atomic E-state index is 13.6. The minimum absolute atomic E-state index is 0.0392. The third-order valence-electron chi connectivity index (χ3n) is 9.37. The van der Waals surface area contributed by atoms with Gasteiger partial charge in [-0.25, -0.2) is 4.39 Å². The second kappa shape index (κ2) is 10.1. The summed E-state index contributed by atoms with van der Waals surface area (Å²) in [5, 5.41) is 0.949. The second-order valence-electron chi connectivity index (χ2n) is 11.7. The van der Waals surface area contributed by atoms with E-state index in [-0.39, 0.29) is 12.1 Å². The molecule has 3 aliphatic heterocycles. The van der Waals surface area contributed by atoms with Gasteiger partial charge < -0.3 is 19.4 Å². The molecule has 208 valence electrons. The molecule has 9 heteroatoms. The van der Waals surface area contributed by atoms with Crippen molar-refractivity contribution in [2.24, 2.45) is 0 Å². The van der Waals surface area contributed by atoms with Crippen molar-refractivity contribution in [2.45, 2.75) is 63.1 Å². The summed E-state index contributed by atoms with van der Waals surface area (Å²) in [7, 11) is 2.13. The van der Waals surface area contributed by atoms with Gasteiger partial charge in [-0.3, -0.25) is 9.78 Å². The van der Waals surface area contributed by atoms with Crippen molar-refractivity contribution in [1.29, 1.82) is 0 Å². The number of ether oxygens (including phenoxy) is 1. The van der Waals surface area contributed by atoms with Crippen molar-refractivity contribution in [2.75, 3.05) is 38.2 Å². The third kappa shape index (κ3) is 4.31. The lowest BCUT2D eigenvalue weighted by atomic mass is 9.87. The Morgan fingerprint density at radius 3 is 2.80 bits per heavy atom. The van der Waals surface area contributed by atoms with E-state index in [1.54, 1.807) is 4.90 Å². The summed E-state index contributed by atoms with van der Waals surface area (Å²) in [4.78, 5) is 32.9. The molecule has 0 saturated carbocycles. The molecule has 40 heavy (non-hydrogen) atoms. The number of aryl methyl sites for hydroxylation is 1. The molecule has 1 aliphatic carbocycles. The summed E-state index contributed by atoms with van der Waals surface area (Å²) < 4.78 is 19.9. The first-order valence-corrected chi connectivity index (χ1v) is 14.5. The van der Waals surface area contributed by atoms with Gasteiger partial charge in [-0.2, -0.15) is 9.97 Å². The molecule has 2 aromatic heterocycles. The predicted octanol–water partition coefficient (Wildman–Crippen LogP) is 4.32. The number of hydrogen-bond acceptors (Lipinski definition) is 7. The molecule has 4 aliphatic rings. The number of likely N-dealkylation sites (tertiary alicyclic amines) is 2. The number of carbonyl (C=O) groups is 1. The van der Waals surface area contributed by atoms with Crippen LogP contribution in [-0.4, -0.2) is 82.1 Å². The third-order valence-corrected chi connectivity index (χ3v) is 9.37. The molecule has 1 amide bonds. The van der Waals surface area contributed by atoms with Crippen molar-refractivity contribution in [1.82, 2.24) is 24.8 Å². The van der Waals surface area contributed by atoms with Crippen LogP contribution in [0, 0.1) is 0 Å². The second-order valence-corrected chi connectivity index (χ2v) is 11.7. The van der Waals surface area contributed by atoms with Gasteiger partial charge in [-0.15, -0.1) is 0 Å². The lowest BCUT2D eigenvalue weighted by Crippen LogP contribution is -2.63. The number of fused-ring (bicyclic) bond motifs is 3. The highest BCUT2D eigenvalue weighted by molar-refractivity contribution is 5.95. The van der Waals surface area contributed by atoms with Crippen LogP contribution in [0.2, 0.25) is 0 Å². The number of amides is 1. The highest BCUT2D eigenvalue weighted by atomic mass is 19.1. The van der Waals surface area contributed by atoms with Crippen molar-refractivity contribution in [3.63, 3.8) is 0 Å². The smallest absolute Gasteiger partial charge is 0.319 e. The Labute approximate surface area is 233 Å². The van der Waals surface area contributed by atoms with Crippen molar-refractivity contribution >= 4 is 22.6 Å². The van der Waals surface area contributed by atoms with Crippen LogP contribution < -0.4 is 9.64 Å². The summed E-state index contributed by atoms with van der Waals surface area (Å²) in [6.45, 7) is 5.95. The molecule has 3 aromatic rings.